The van der Waals surface area contributed by atoms with Crippen molar-refractivity contribution in [2.45, 2.75) is 19.8 Å². The van der Waals surface area contributed by atoms with Crippen LogP contribution in [-0.4, -0.2) is 43.9 Å². The molecule has 3 amide bonds. The lowest BCUT2D eigenvalue weighted by molar-refractivity contribution is -0.125. The van der Waals surface area contributed by atoms with Crippen LogP contribution in [0.15, 0.2) is 0 Å². The van der Waals surface area contributed by atoms with E-state index in [-0.39, 0.29) is 43.8 Å². The summed E-state index contributed by atoms with van der Waals surface area (Å²) in [5.74, 6) is -0.825. The van der Waals surface area contributed by atoms with Gasteiger partial charge in [0.05, 0.1) is 13.1 Å². The second kappa shape index (κ2) is 9.59. The highest BCUT2D eigenvalue weighted by atomic mass is 16.2. The number of nitrogens with one attached hydrogen (secondary N) is 3. The van der Waals surface area contributed by atoms with E-state index >= 15 is 0 Å². The Bertz CT molecular complexity index is 268. The van der Waals surface area contributed by atoms with Crippen molar-refractivity contribution in [2.75, 3.05) is 26.2 Å². The van der Waals surface area contributed by atoms with Crippen molar-refractivity contribution in [1.29, 1.82) is 0 Å². The number of rotatable bonds is 8. The molecule has 0 aliphatic heterocycles. The number of hydrogen-bond acceptors (Lipinski definition) is 4. The monoisotopic (exact) mass is 244 g/mol. The number of carbonyl (C=O) groups excluding carboxylic acids is 3. The predicted octanol–water partition coefficient (Wildman–Crippen LogP) is -1.91. The van der Waals surface area contributed by atoms with Gasteiger partial charge in [0.25, 0.3) is 0 Å². The molecule has 0 aliphatic rings. The van der Waals surface area contributed by atoms with Crippen LogP contribution in [-0.2, 0) is 14.4 Å². The summed E-state index contributed by atoms with van der Waals surface area (Å²) >= 11 is 0. The first-order valence-corrected chi connectivity index (χ1v) is 5.60. The molecular weight excluding hydrogens is 224 g/mol. The third-order valence-corrected chi connectivity index (χ3v) is 1.88. The van der Waals surface area contributed by atoms with Gasteiger partial charge in [0.15, 0.2) is 0 Å². The Morgan fingerprint density at radius 2 is 1.59 bits per heavy atom. The van der Waals surface area contributed by atoms with E-state index in [0.29, 0.717) is 6.54 Å². The third-order valence-electron chi connectivity index (χ3n) is 1.88. The predicted molar refractivity (Wildman–Crippen MR) is 63.0 cm³/mol. The molecule has 0 heterocycles. The number of amides is 3. The average molecular weight is 244 g/mol. The van der Waals surface area contributed by atoms with E-state index in [9.17, 15) is 14.4 Å². The summed E-state index contributed by atoms with van der Waals surface area (Å²) in [6, 6.07) is 0. The zero-order chi connectivity index (χ0) is 13.1. The first-order chi connectivity index (χ1) is 8.10. The molecule has 7 nitrogen and oxygen atoms in total. The highest BCUT2D eigenvalue weighted by Crippen LogP contribution is 1.79. The molecule has 0 saturated carbocycles. The lowest BCUT2D eigenvalue weighted by Gasteiger charge is -2.06. The lowest BCUT2D eigenvalue weighted by Crippen LogP contribution is -2.40. The smallest absolute Gasteiger partial charge is 0.239 e. The van der Waals surface area contributed by atoms with Gasteiger partial charge in [0.1, 0.15) is 0 Å². The van der Waals surface area contributed by atoms with E-state index in [0.717, 1.165) is 6.42 Å². The number of hydrogen-bond donors (Lipinski definition) is 4. The summed E-state index contributed by atoms with van der Waals surface area (Å²) in [6.07, 6.45) is 1.11. The molecule has 0 spiro atoms. The zero-order valence-electron chi connectivity index (χ0n) is 10.0. The second-order valence-corrected chi connectivity index (χ2v) is 3.43. The Balaban J connectivity index is 3.50. The number of nitrogens with two attached hydrogens (primary N) is 1. The van der Waals surface area contributed by atoms with E-state index in [4.69, 9.17) is 5.73 Å². The molecule has 0 aromatic carbocycles. The normalized spacial score (nSPS) is 9.53. The Kier molecular flexibility index (Phi) is 8.67. The van der Waals surface area contributed by atoms with E-state index < -0.39 is 0 Å². The minimum Gasteiger partial charge on any atom is -0.356 e. The van der Waals surface area contributed by atoms with Gasteiger partial charge in [-0.05, 0) is 6.42 Å². The van der Waals surface area contributed by atoms with Crippen molar-refractivity contribution in [1.82, 2.24) is 16.0 Å². The van der Waals surface area contributed by atoms with Crippen molar-refractivity contribution in [3.8, 4) is 0 Å². The highest BCUT2D eigenvalue weighted by Gasteiger charge is 2.04. The summed E-state index contributed by atoms with van der Waals surface area (Å²) < 4.78 is 0. The van der Waals surface area contributed by atoms with Crippen molar-refractivity contribution < 1.29 is 14.4 Å². The fourth-order valence-corrected chi connectivity index (χ4v) is 0.982. The van der Waals surface area contributed by atoms with Crippen LogP contribution in [0, 0.1) is 0 Å². The third kappa shape index (κ3) is 9.31. The van der Waals surface area contributed by atoms with Crippen LogP contribution in [0.5, 0.6) is 0 Å². The summed E-state index contributed by atoms with van der Waals surface area (Å²) in [5.41, 5.74) is 5.05. The van der Waals surface area contributed by atoms with Gasteiger partial charge in [-0.1, -0.05) is 6.92 Å². The zero-order valence-corrected chi connectivity index (χ0v) is 10.0. The Morgan fingerprint density at radius 1 is 0.941 bits per heavy atom. The number of carbonyl (C=O) groups is 3. The lowest BCUT2D eigenvalue weighted by atomic mass is 10.3. The van der Waals surface area contributed by atoms with E-state index in [1.165, 1.54) is 0 Å². The summed E-state index contributed by atoms with van der Waals surface area (Å²) in [6.45, 7) is 2.59. The SMILES string of the molecule is CCCNC(=O)CCNC(=O)CNC(=O)CN. The molecule has 0 rings (SSSR count). The van der Waals surface area contributed by atoms with E-state index in [1.54, 1.807) is 0 Å². The largest absolute Gasteiger partial charge is 0.356 e. The first-order valence-electron chi connectivity index (χ1n) is 5.60. The Hall–Kier alpha value is -1.63. The van der Waals surface area contributed by atoms with Crippen LogP contribution < -0.4 is 21.7 Å². The van der Waals surface area contributed by atoms with E-state index in [2.05, 4.69) is 16.0 Å². The molecule has 0 aromatic rings. The van der Waals surface area contributed by atoms with E-state index in [1.807, 2.05) is 6.92 Å². The van der Waals surface area contributed by atoms with Crippen LogP contribution in [0.25, 0.3) is 0 Å². The summed E-state index contributed by atoms with van der Waals surface area (Å²) in [4.78, 5) is 33.0. The van der Waals surface area contributed by atoms with Crippen molar-refractivity contribution in [2.24, 2.45) is 5.73 Å². The van der Waals surface area contributed by atoms with Crippen molar-refractivity contribution in [3.05, 3.63) is 0 Å². The van der Waals surface area contributed by atoms with Crippen molar-refractivity contribution in [3.63, 3.8) is 0 Å². The highest BCUT2D eigenvalue weighted by molar-refractivity contribution is 5.85. The summed E-state index contributed by atoms with van der Waals surface area (Å²) in [7, 11) is 0. The van der Waals surface area contributed by atoms with Crippen LogP contribution in [0.1, 0.15) is 19.8 Å². The first kappa shape index (κ1) is 15.4. The van der Waals surface area contributed by atoms with Gasteiger partial charge >= 0.3 is 0 Å². The Labute approximate surface area is 100 Å². The fraction of sp³-hybridized carbons (Fsp3) is 0.700. The Morgan fingerprint density at radius 3 is 2.18 bits per heavy atom. The van der Waals surface area contributed by atoms with Gasteiger partial charge in [-0.3, -0.25) is 14.4 Å². The summed E-state index contributed by atoms with van der Waals surface area (Å²) in [5, 5.41) is 7.53. The molecule has 0 radical (unpaired) electrons. The van der Waals surface area contributed by atoms with Crippen LogP contribution in [0.4, 0.5) is 0 Å². The topological polar surface area (TPSA) is 113 Å². The van der Waals surface area contributed by atoms with Gasteiger partial charge in [-0.2, -0.15) is 0 Å². The molecule has 0 saturated heterocycles. The molecule has 0 aliphatic carbocycles. The molecule has 0 atom stereocenters. The van der Waals surface area contributed by atoms with Gasteiger partial charge in [0, 0.05) is 19.5 Å². The molecule has 17 heavy (non-hydrogen) atoms. The molecule has 0 aromatic heterocycles. The molecule has 0 fully saturated rings. The van der Waals surface area contributed by atoms with Gasteiger partial charge in [-0.15, -0.1) is 0 Å². The molecule has 0 unspecified atom stereocenters. The average Bonchev–Trinajstić information content (AvgIpc) is 2.33. The van der Waals surface area contributed by atoms with Crippen LogP contribution in [0.2, 0.25) is 0 Å². The van der Waals surface area contributed by atoms with Crippen LogP contribution in [0.3, 0.4) is 0 Å². The molecule has 7 heteroatoms. The molecular formula is C10H20N4O3. The van der Waals surface area contributed by atoms with Gasteiger partial charge in [-0.25, -0.2) is 0 Å². The molecule has 98 valence electrons. The quantitative estimate of drug-likeness (QED) is 0.399. The maximum absolute atomic E-state index is 11.2. The second-order valence-electron chi connectivity index (χ2n) is 3.43. The minimum absolute atomic E-state index is 0.0989. The fourth-order valence-electron chi connectivity index (χ4n) is 0.982. The molecule has 5 N–H and O–H groups in total. The maximum atomic E-state index is 11.2. The van der Waals surface area contributed by atoms with Gasteiger partial charge in [0.2, 0.25) is 17.7 Å². The standard InChI is InChI=1S/C10H20N4O3/c1-2-4-12-8(15)3-5-13-10(17)7-14-9(16)6-11/h2-7,11H2,1H3,(H,12,15)(H,13,17)(H,14,16). The van der Waals surface area contributed by atoms with Crippen molar-refractivity contribution >= 4 is 17.7 Å². The maximum Gasteiger partial charge on any atom is 0.239 e. The molecule has 0 bridgehead atoms. The minimum atomic E-state index is -0.388. The van der Waals surface area contributed by atoms with Crippen LogP contribution >= 0.6 is 0 Å². The van der Waals surface area contributed by atoms with Gasteiger partial charge < -0.3 is 21.7 Å².